The number of nitrogens with zero attached hydrogens (tertiary/aromatic N) is 2. The topological polar surface area (TPSA) is 47.0 Å². The van der Waals surface area contributed by atoms with Crippen molar-refractivity contribution >= 4 is 5.69 Å². The van der Waals surface area contributed by atoms with Crippen molar-refractivity contribution in [2.75, 3.05) is 11.9 Å². The van der Waals surface area contributed by atoms with Crippen molar-refractivity contribution in [3.8, 4) is 5.88 Å². The number of rotatable bonds is 5. The van der Waals surface area contributed by atoms with Crippen LogP contribution in [0.3, 0.4) is 0 Å². The van der Waals surface area contributed by atoms with Gasteiger partial charge in [0.05, 0.1) is 30.7 Å². The van der Waals surface area contributed by atoms with Crippen LogP contribution in [0.25, 0.3) is 0 Å². The third-order valence-electron chi connectivity index (χ3n) is 2.64. The number of aromatic nitrogens is 2. The summed E-state index contributed by atoms with van der Waals surface area (Å²) in [7, 11) is 0. The first-order valence-electron chi connectivity index (χ1n) is 6.15. The molecule has 0 amide bonds. The summed E-state index contributed by atoms with van der Waals surface area (Å²) in [5, 5.41) is 3.23. The molecule has 0 aliphatic carbocycles. The van der Waals surface area contributed by atoms with Gasteiger partial charge in [0.2, 0.25) is 5.88 Å². The molecule has 0 radical (unpaired) electrons. The van der Waals surface area contributed by atoms with Gasteiger partial charge in [-0.15, -0.1) is 0 Å². The predicted molar refractivity (Wildman–Crippen MR) is 71.6 cm³/mol. The normalized spacial score (nSPS) is 11.9. The van der Waals surface area contributed by atoms with E-state index in [1.165, 1.54) is 12.3 Å². The Balaban J connectivity index is 2.04. The second-order valence-electron chi connectivity index (χ2n) is 4.12. The Hall–Kier alpha value is -2.17. The number of nitrogens with one attached hydrogen (secondary N) is 1. The molecule has 2 heterocycles. The zero-order valence-corrected chi connectivity index (χ0v) is 10.9. The van der Waals surface area contributed by atoms with Crippen LogP contribution in [0.4, 0.5) is 10.1 Å². The molecule has 0 aromatic carbocycles. The quantitative estimate of drug-likeness (QED) is 0.898. The monoisotopic (exact) mass is 261 g/mol. The van der Waals surface area contributed by atoms with Gasteiger partial charge in [-0.2, -0.15) is 0 Å². The van der Waals surface area contributed by atoms with Crippen LogP contribution in [0.5, 0.6) is 5.88 Å². The Morgan fingerprint density at radius 1 is 1.32 bits per heavy atom. The van der Waals surface area contributed by atoms with Gasteiger partial charge in [0.1, 0.15) is 5.82 Å². The number of halogens is 1. The number of pyridine rings is 2. The molecule has 2 aromatic rings. The lowest BCUT2D eigenvalue weighted by molar-refractivity contribution is 0.327. The van der Waals surface area contributed by atoms with Crippen LogP contribution in [0, 0.1) is 5.82 Å². The Bertz CT molecular complexity index is 530. The molecule has 0 saturated carbocycles. The lowest BCUT2D eigenvalue weighted by Gasteiger charge is -2.15. The Kier molecular flexibility index (Phi) is 4.28. The maximum Gasteiger partial charge on any atom is 0.213 e. The molecule has 0 unspecified atom stereocenters. The van der Waals surface area contributed by atoms with Gasteiger partial charge >= 0.3 is 0 Å². The molecule has 2 aromatic heterocycles. The SMILES string of the molecule is CCOc1ccc(N[C@@H](C)c2cncc(F)c2)cn1. The highest BCUT2D eigenvalue weighted by Crippen LogP contribution is 2.19. The molecular formula is C14H16FN3O. The molecule has 19 heavy (non-hydrogen) atoms. The average molecular weight is 261 g/mol. The van der Waals surface area contributed by atoms with Crippen molar-refractivity contribution in [2.45, 2.75) is 19.9 Å². The summed E-state index contributed by atoms with van der Waals surface area (Å²) in [5.41, 5.74) is 1.63. The molecule has 0 fully saturated rings. The molecule has 100 valence electrons. The number of hydrogen-bond acceptors (Lipinski definition) is 4. The maximum absolute atomic E-state index is 13.1. The van der Waals surface area contributed by atoms with E-state index in [4.69, 9.17) is 4.74 Å². The van der Waals surface area contributed by atoms with Crippen LogP contribution < -0.4 is 10.1 Å². The van der Waals surface area contributed by atoms with Crippen molar-refractivity contribution in [1.29, 1.82) is 0 Å². The van der Waals surface area contributed by atoms with Gasteiger partial charge in [-0.1, -0.05) is 0 Å². The van der Waals surface area contributed by atoms with Gasteiger partial charge in [0.25, 0.3) is 0 Å². The van der Waals surface area contributed by atoms with E-state index in [2.05, 4.69) is 15.3 Å². The Morgan fingerprint density at radius 2 is 2.16 bits per heavy atom. The van der Waals surface area contributed by atoms with E-state index >= 15 is 0 Å². The van der Waals surface area contributed by atoms with Gasteiger partial charge in [0.15, 0.2) is 0 Å². The fourth-order valence-electron chi connectivity index (χ4n) is 1.70. The minimum Gasteiger partial charge on any atom is -0.478 e. The molecule has 0 aliphatic heterocycles. The number of hydrogen-bond donors (Lipinski definition) is 1. The minimum absolute atomic E-state index is 0.0528. The van der Waals surface area contributed by atoms with Crippen molar-refractivity contribution in [3.05, 3.63) is 48.2 Å². The third kappa shape index (κ3) is 3.64. The number of anilines is 1. The van der Waals surface area contributed by atoms with Crippen LogP contribution in [-0.4, -0.2) is 16.6 Å². The van der Waals surface area contributed by atoms with E-state index in [1.807, 2.05) is 19.9 Å². The predicted octanol–water partition coefficient (Wildman–Crippen LogP) is 3.19. The second kappa shape index (κ2) is 6.13. The molecule has 2 rings (SSSR count). The molecule has 5 heteroatoms. The number of ether oxygens (including phenoxy) is 1. The van der Waals surface area contributed by atoms with Crippen LogP contribution in [0.1, 0.15) is 25.5 Å². The first-order chi connectivity index (χ1) is 9.19. The summed E-state index contributed by atoms with van der Waals surface area (Å²) in [4.78, 5) is 7.99. The molecule has 0 aliphatic rings. The van der Waals surface area contributed by atoms with E-state index in [0.717, 1.165) is 11.3 Å². The summed E-state index contributed by atoms with van der Waals surface area (Å²) in [5.74, 6) is 0.254. The van der Waals surface area contributed by atoms with Gasteiger partial charge < -0.3 is 10.1 Å². The van der Waals surface area contributed by atoms with E-state index in [1.54, 1.807) is 18.5 Å². The largest absolute Gasteiger partial charge is 0.478 e. The highest BCUT2D eigenvalue weighted by molar-refractivity contribution is 5.44. The zero-order valence-electron chi connectivity index (χ0n) is 10.9. The lowest BCUT2D eigenvalue weighted by Crippen LogP contribution is -2.07. The van der Waals surface area contributed by atoms with Gasteiger partial charge in [-0.05, 0) is 31.5 Å². The third-order valence-corrected chi connectivity index (χ3v) is 2.64. The molecular weight excluding hydrogens is 245 g/mol. The highest BCUT2D eigenvalue weighted by atomic mass is 19.1. The van der Waals surface area contributed by atoms with Crippen molar-refractivity contribution in [2.24, 2.45) is 0 Å². The highest BCUT2D eigenvalue weighted by Gasteiger charge is 2.07. The molecule has 4 nitrogen and oxygen atoms in total. The van der Waals surface area contributed by atoms with Crippen LogP contribution in [-0.2, 0) is 0 Å². The zero-order chi connectivity index (χ0) is 13.7. The van der Waals surface area contributed by atoms with Crippen LogP contribution in [0.2, 0.25) is 0 Å². The van der Waals surface area contributed by atoms with E-state index < -0.39 is 0 Å². The van der Waals surface area contributed by atoms with Gasteiger partial charge in [0, 0.05) is 12.3 Å². The Labute approximate surface area is 111 Å². The summed E-state index contributed by atoms with van der Waals surface area (Å²) < 4.78 is 18.4. The fraction of sp³-hybridized carbons (Fsp3) is 0.286. The maximum atomic E-state index is 13.1. The van der Waals surface area contributed by atoms with Crippen LogP contribution >= 0.6 is 0 Å². The lowest BCUT2D eigenvalue weighted by atomic mass is 10.1. The molecule has 0 spiro atoms. The van der Waals surface area contributed by atoms with Crippen molar-refractivity contribution < 1.29 is 9.13 Å². The second-order valence-corrected chi connectivity index (χ2v) is 4.12. The minimum atomic E-state index is -0.337. The van der Waals surface area contributed by atoms with Crippen molar-refractivity contribution in [1.82, 2.24) is 9.97 Å². The average Bonchev–Trinajstić information content (AvgIpc) is 2.41. The van der Waals surface area contributed by atoms with E-state index in [0.29, 0.717) is 12.5 Å². The van der Waals surface area contributed by atoms with Gasteiger partial charge in [-0.25, -0.2) is 9.37 Å². The molecule has 0 bridgehead atoms. The first-order valence-corrected chi connectivity index (χ1v) is 6.15. The van der Waals surface area contributed by atoms with E-state index in [-0.39, 0.29) is 11.9 Å². The molecule has 1 atom stereocenters. The van der Waals surface area contributed by atoms with Crippen molar-refractivity contribution in [3.63, 3.8) is 0 Å². The fourth-order valence-corrected chi connectivity index (χ4v) is 1.70. The molecule has 1 N–H and O–H groups in total. The van der Waals surface area contributed by atoms with Gasteiger partial charge in [-0.3, -0.25) is 4.98 Å². The first kappa shape index (κ1) is 13.3. The summed E-state index contributed by atoms with van der Waals surface area (Å²) in [6.45, 7) is 4.44. The molecule has 0 saturated heterocycles. The standard InChI is InChI=1S/C14H16FN3O/c1-3-19-14-5-4-13(9-17-14)18-10(2)11-6-12(15)8-16-7-11/h4-10,18H,3H2,1-2H3/t10-/m0/s1. The summed E-state index contributed by atoms with van der Waals surface area (Å²) >= 11 is 0. The summed E-state index contributed by atoms with van der Waals surface area (Å²) in [6.07, 6.45) is 4.52. The smallest absolute Gasteiger partial charge is 0.213 e. The summed E-state index contributed by atoms with van der Waals surface area (Å²) in [6, 6.07) is 5.08. The van der Waals surface area contributed by atoms with Crippen LogP contribution in [0.15, 0.2) is 36.8 Å². The Morgan fingerprint density at radius 3 is 2.79 bits per heavy atom. The van der Waals surface area contributed by atoms with E-state index in [9.17, 15) is 4.39 Å².